The number of rotatable bonds is 5. The van der Waals surface area contributed by atoms with Crippen molar-refractivity contribution < 1.29 is 17.9 Å². The number of hydrogen-bond acceptors (Lipinski definition) is 5. The molecule has 0 radical (unpaired) electrons. The quantitative estimate of drug-likeness (QED) is 0.801. The van der Waals surface area contributed by atoms with E-state index in [9.17, 15) is 8.42 Å². The van der Waals surface area contributed by atoms with Crippen LogP contribution in [-0.4, -0.2) is 52.2 Å². The van der Waals surface area contributed by atoms with Crippen LogP contribution in [0, 0.1) is 11.3 Å². The molecule has 0 bridgehead atoms. The summed E-state index contributed by atoms with van der Waals surface area (Å²) in [5.74, 6) is -0.0917. The molecule has 0 saturated carbocycles. The van der Waals surface area contributed by atoms with E-state index in [4.69, 9.17) is 14.7 Å². The topological polar surface area (TPSA) is 79.6 Å². The van der Waals surface area contributed by atoms with Gasteiger partial charge in [0.25, 0.3) is 0 Å². The van der Waals surface area contributed by atoms with Crippen molar-refractivity contribution in [2.75, 3.05) is 27.3 Å². The summed E-state index contributed by atoms with van der Waals surface area (Å²) in [7, 11) is -0.330. The van der Waals surface area contributed by atoms with Gasteiger partial charge in [-0.05, 0) is 17.7 Å². The Morgan fingerprint density at radius 1 is 1.19 bits per heavy atom. The summed E-state index contributed by atoms with van der Waals surface area (Å²) in [6.45, 7) is 0.598. The zero-order chi connectivity index (χ0) is 15.5. The van der Waals surface area contributed by atoms with Crippen LogP contribution in [-0.2, 0) is 25.2 Å². The monoisotopic (exact) mass is 310 g/mol. The SMILES string of the molecule is COC1CN(S(=O)(=O)Cc2ccc(C#N)cc2)CC1OC. The summed E-state index contributed by atoms with van der Waals surface area (Å²) in [4.78, 5) is 0. The van der Waals surface area contributed by atoms with E-state index in [-0.39, 0.29) is 18.0 Å². The van der Waals surface area contributed by atoms with Crippen molar-refractivity contribution in [2.45, 2.75) is 18.0 Å². The van der Waals surface area contributed by atoms with E-state index in [0.29, 0.717) is 24.2 Å². The number of nitriles is 1. The van der Waals surface area contributed by atoms with Crippen molar-refractivity contribution >= 4 is 10.0 Å². The van der Waals surface area contributed by atoms with Gasteiger partial charge in [-0.2, -0.15) is 9.57 Å². The summed E-state index contributed by atoms with van der Waals surface area (Å²) in [5, 5.41) is 8.74. The minimum Gasteiger partial charge on any atom is -0.377 e. The molecule has 0 spiro atoms. The number of hydrogen-bond donors (Lipinski definition) is 0. The lowest BCUT2D eigenvalue weighted by atomic mass is 10.2. The second kappa shape index (κ2) is 6.54. The van der Waals surface area contributed by atoms with Gasteiger partial charge in [0, 0.05) is 27.3 Å². The maximum Gasteiger partial charge on any atom is 0.218 e. The van der Waals surface area contributed by atoms with Crippen molar-refractivity contribution in [3.63, 3.8) is 0 Å². The summed E-state index contributed by atoms with van der Waals surface area (Å²) in [5.41, 5.74) is 1.17. The van der Waals surface area contributed by atoms with Gasteiger partial charge in [0.1, 0.15) is 0 Å². The molecule has 1 aliphatic heterocycles. The Kier molecular flexibility index (Phi) is 4.96. The zero-order valence-corrected chi connectivity index (χ0v) is 12.8. The molecule has 114 valence electrons. The molecule has 1 heterocycles. The Morgan fingerprint density at radius 3 is 2.14 bits per heavy atom. The van der Waals surface area contributed by atoms with E-state index in [2.05, 4.69) is 0 Å². The summed E-state index contributed by atoms with van der Waals surface area (Å²) < 4.78 is 36.8. The number of methoxy groups -OCH3 is 2. The highest BCUT2D eigenvalue weighted by Crippen LogP contribution is 2.21. The second-order valence-corrected chi connectivity index (χ2v) is 6.90. The first-order chi connectivity index (χ1) is 10.00. The first-order valence-corrected chi connectivity index (χ1v) is 8.13. The number of benzene rings is 1. The van der Waals surface area contributed by atoms with E-state index >= 15 is 0 Å². The molecule has 7 heteroatoms. The van der Waals surface area contributed by atoms with Crippen LogP contribution in [0.2, 0.25) is 0 Å². The molecule has 1 aliphatic rings. The largest absolute Gasteiger partial charge is 0.377 e. The second-order valence-electron chi connectivity index (χ2n) is 4.93. The zero-order valence-electron chi connectivity index (χ0n) is 12.0. The van der Waals surface area contributed by atoms with Gasteiger partial charge in [-0.3, -0.25) is 0 Å². The smallest absolute Gasteiger partial charge is 0.218 e. The molecule has 1 aromatic rings. The highest BCUT2D eigenvalue weighted by atomic mass is 32.2. The van der Waals surface area contributed by atoms with Gasteiger partial charge in [0.05, 0.1) is 29.6 Å². The molecule has 1 fully saturated rings. The van der Waals surface area contributed by atoms with Crippen molar-refractivity contribution in [2.24, 2.45) is 0 Å². The first kappa shape index (κ1) is 15.9. The molecule has 21 heavy (non-hydrogen) atoms. The average Bonchev–Trinajstić information content (AvgIpc) is 2.92. The lowest BCUT2D eigenvalue weighted by Gasteiger charge is -2.15. The molecule has 0 amide bonds. The minimum atomic E-state index is -3.43. The van der Waals surface area contributed by atoms with E-state index in [0.717, 1.165) is 0 Å². The fourth-order valence-electron chi connectivity index (χ4n) is 2.37. The van der Waals surface area contributed by atoms with Crippen molar-refractivity contribution in [1.82, 2.24) is 4.31 Å². The van der Waals surface area contributed by atoms with Gasteiger partial charge >= 0.3 is 0 Å². The molecular weight excluding hydrogens is 292 g/mol. The fraction of sp³-hybridized carbons (Fsp3) is 0.500. The van der Waals surface area contributed by atoms with Crippen LogP contribution in [0.3, 0.4) is 0 Å². The van der Waals surface area contributed by atoms with Gasteiger partial charge in [-0.15, -0.1) is 0 Å². The van der Waals surface area contributed by atoms with Gasteiger partial charge in [0.15, 0.2) is 0 Å². The van der Waals surface area contributed by atoms with Crippen LogP contribution in [0.5, 0.6) is 0 Å². The predicted octanol–water partition coefficient (Wildman–Crippen LogP) is 0.734. The van der Waals surface area contributed by atoms with Gasteiger partial charge in [-0.25, -0.2) is 8.42 Å². The third kappa shape index (κ3) is 3.60. The maximum absolute atomic E-state index is 12.4. The Bertz CT molecular complexity index is 609. The first-order valence-electron chi connectivity index (χ1n) is 6.52. The fourth-order valence-corrected chi connectivity index (χ4v) is 3.91. The minimum absolute atomic E-state index is 0.0917. The van der Waals surface area contributed by atoms with Crippen LogP contribution in [0.4, 0.5) is 0 Å². The van der Waals surface area contributed by atoms with Crippen LogP contribution >= 0.6 is 0 Å². The van der Waals surface area contributed by atoms with Crippen LogP contribution in [0.15, 0.2) is 24.3 Å². The van der Waals surface area contributed by atoms with Crippen molar-refractivity contribution in [3.8, 4) is 6.07 Å². The van der Waals surface area contributed by atoms with E-state index in [1.807, 2.05) is 6.07 Å². The van der Waals surface area contributed by atoms with Gasteiger partial charge in [0.2, 0.25) is 10.0 Å². The standard InChI is InChI=1S/C14H18N2O4S/c1-19-13-8-16(9-14(13)20-2)21(17,18)10-12-5-3-11(7-15)4-6-12/h3-6,13-14H,8-10H2,1-2H3. The molecular formula is C14H18N2O4S. The van der Waals surface area contributed by atoms with Crippen molar-refractivity contribution in [1.29, 1.82) is 5.26 Å². The van der Waals surface area contributed by atoms with Crippen LogP contribution in [0.25, 0.3) is 0 Å². The van der Waals surface area contributed by atoms with Crippen LogP contribution in [0.1, 0.15) is 11.1 Å². The molecule has 0 N–H and O–H groups in total. The molecule has 0 aliphatic carbocycles. The van der Waals surface area contributed by atoms with E-state index < -0.39 is 10.0 Å². The third-order valence-electron chi connectivity index (χ3n) is 3.61. The highest BCUT2D eigenvalue weighted by Gasteiger charge is 2.38. The summed E-state index contributed by atoms with van der Waals surface area (Å²) in [6.07, 6.45) is -0.489. The predicted molar refractivity (Wildman–Crippen MR) is 76.9 cm³/mol. The Balaban J connectivity index is 2.10. The number of ether oxygens (including phenoxy) is 2. The molecule has 2 unspecified atom stereocenters. The van der Waals surface area contributed by atoms with Crippen molar-refractivity contribution in [3.05, 3.63) is 35.4 Å². The molecule has 1 aromatic carbocycles. The summed E-state index contributed by atoms with van der Waals surface area (Å²) in [6, 6.07) is 8.56. The third-order valence-corrected chi connectivity index (χ3v) is 5.40. The van der Waals surface area contributed by atoms with Crippen LogP contribution < -0.4 is 0 Å². The molecule has 2 atom stereocenters. The lowest BCUT2D eigenvalue weighted by Crippen LogP contribution is -2.31. The number of sulfonamides is 1. The van der Waals surface area contributed by atoms with E-state index in [1.165, 1.54) is 4.31 Å². The average molecular weight is 310 g/mol. The molecule has 2 rings (SSSR count). The van der Waals surface area contributed by atoms with Gasteiger partial charge in [-0.1, -0.05) is 12.1 Å². The van der Waals surface area contributed by atoms with E-state index in [1.54, 1.807) is 38.5 Å². The molecule has 6 nitrogen and oxygen atoms in total. The lowest BCUT2D eigenvalue weighted by molar-refractivity contribution is -0.00461. The molecule has 0 aromatic heterocycles. The maximum atomic E-state index is 12.4. The Hall–Kier alpha value is -1.46. The summed E-state index contributed by atoms with van der Waals surface area (Å²) >= 11 is 0. The Morgan fingerprint density at radius 2 is 1.71 bits per heavy atom. The normalized spacial score (nSPS) is 23.1. The van der Waals surface area contributed by atoms with Gasteiger partial charge < -0.3 is 9.47 Å². The molecule has 1 saturated heterocycles. The Labute approximate surface area is 124 Å². The highest BCUT2D eigenvalue weighted by molar-refractivity contribution is 7.88. The number of nitrogens with zero attached hydrogens (tertiary/aromatic N) is 2.